The molecule has 0 saturated carbocycles. The number of thioether (sulfide) groups is 1. The molecule has 0 radical (unpaired) electrons. The average molecular weight is 299 g/mol. The lowest BCUT2D eigenvalue weighted by Gasteiger charge is -2.41. The van der Waals surface area contributed by atoms with Crippen molar-refractivity contribution >= 4 is 23.1 Å². The maximum Gasteiger partial charge on any atom is 0.0594 e. The molecule has 4 atom stereocenters. The molecule has 1 fully saturated rings. The first-order chi connectivity index (χ1) is 9.01. The predicted octanol–water partition coefficient (Wildman–Crippen LogP) is 3.66. The van der Waals surface area contributed by atoms with Gasteiger partial charge in [-0.25, -0.2) is 0 Å². The van der Waals surface area contributed by atoms with E-state index < -0.39 is 0 Å². The van der Waals surface area contributed by atoms with Crippen molar-refractivity contribution in [2.24, 2.45) is 5.73 Å². The lowest BCUT2D eigenvalue weighted by molar-refractivity contribution is 0.170. The summed E-state index contributed by atoms with van der Waals surface area (Å²) in [7, 11) is 0. The summed E-state index contributed by atoms with van der Waals surface area (Å²) in [6, 6.07) is 5.13. The zero-order chi connectivity index (χ0) is 14.0. The van der Waals surface area contributed by atoms with Crippen molar-refractivity contribution in [1.82, 2.24) is 4.90 Å². The maximum atomic E-state index is 6.44. The van der Waals surface area contributed by atoms with Gasteiger partial charge in [0.05, 0.1) is 6.04 Å². The quantitative estimate of drug-likeness (QED) is 0.920. The third-order valence-corrected chi connectivity index (χ3v) is 6.07. The Balaban J connectivity index is 2.22. The Hall–Kier alpha value is -0.0300. The summed E-state index contributed by atoms with van der Waals surface area (Å²) in [6.07, 6.45) is 1.04. The highest BCUT2D eigenvalue weighted by Crippen LogP contribution is 2.35. The summed E-state index contributed by atoms with van der Waals surface area (Å²) in [5.74, 6) is 0. The molecule has 1 aliphatic heterocycles. The molecule has 2 rings (SSSR count). The molecule has 0 spiro atoms. The number of thiophene rings is 1. The zero-order valence-electron chi connectivity index (χ0n) is 12.4. The van der Waals surface area contributed by atoms with E-state index in [1.807, 2.05) is 11.3 Å². The second-order valence-electron chi connectivity index (χ2n) is 5.68. The highest BCUT2D eigenvalue weighted by molar-refractivity contribution is 8.00. The van der Waals surface area contributed by atoms with E-state index in [-0.39, 0.29) is 6.04 Å². The largest absolute Gasteiger partial charge is 0.326 e. The average Bonchev–Trinajstić information content (AvgIpc) is 2.74. The van der Waals surface area contributed by atoms with E-state index in [0.29, 0.717) is 16.5 Å². The van der Waals surface area contributed by atoms with Gasteiger partial charge < -0.3 is 5.73 Å². The molecule has 4 unspecified atom stereocenters. The topological polar surface area (TPSA) is 29.3 Å². The van der Waals surface area contributed by atoms with Crippen LogP contribution < -0.4 is 5.73 Å². The van der Waals surface area contributed by atoms with Crippen LogP contribution in [0.3, 0.4) is 0 Å². The molecule has 19 heavy (non-hydrogen) atoms. The van der Waals surface area contributed by atoms with Crippen LogP contribution in [0, 0.1) is 6.92 Å². The first-order valence-electron chi connectivity index (χ1n) is 7.22. The minimum Gasteiger partial charge on any atom is -0.326 e. The van der Waals surface area contributed by atoms with E-state index in [9.17, 15) is 0 Å². The number of rotatable bonds is 4. The molecule has 1 saturated heterocycles. The molecule has 1 aliphatic rings. The van der Waals surface area contributed by atoms with Gasteiger partial charge in [-0.1, -0.05) is 20.8 Å². The van der Waals surface area contributed by atoms with E-state index in [4.69, 9.17) is 5.73 Å². The van der Waals surface area contributed by atoms with Gasteiger partial charge in [-0.2, -0.15) is 11.8 Å². The molecular weight excluding hydrogens is 272 g/mol. The molecule has 2 N–H and O–H groups in total. The van der Waals surface area contributed by atoms with Gasteiger partial charge in [-0.05, 0) is 25.5 Å². The molecule has 0 bridgehead atoms. The summed E-state index contributed by atoms with van der Waals surface area (Å²) in [6.45, 7) is 11.4. The van der Waals surface area contributed by atoms with Crippen molar-refractivity contribution in [3.63, 3.8) is 0 Å². The van der Waals surface area contributed by atoms with Crippen LogP contribution in [0.15, 0.2) is 12.1 Å². The molecule has 0 amide bonds. The van der Waals surface area contributed by atoms with Crippen molar-refractivity contribution in [2.45, 2.75) is 56.7 Å². The summed E-state index contributed by atoms with van der Waals surface area (Å²) >= 11 is 4.01. The van der Waals surface area contributed by atoms with E-state index in [1.165, 1.54) is 9.75 Å². The highest BCUT2D eigenvalue weighted by Gasteiger charge is 2.32. The molecule has 2 heterocycles. The van der Waals surface area contributed by atoms with Crippen LogP contribution in [0.1, 0.15) is 43.0 Å². The molecule has 1 aromatic rings. The van der Waals surface area contributed by atoms with Crippen molar-refractivity contribution in [1.29, 1.82) is 0 Å². The summed E-state index contributed by atoms with van der Waals surface area (Å²) in [4.78, 5) is 5.44. The fourth-order valence-corrected chi connectivity index (χ4v) is 5.38. The van der Waals surface area contributed by atoms with Crippen molar-refractivity contribution in [2.75, 3.05) is 13.1 Å². The van der Waals surface area contributed by atoms with E-state index in [1.54, 1.807) is 0 Å². The summed E-state index contributed by atoms with van der Waals surface area (Å²) in [5, 5.41) is 1.41. The van der Waals surface area contributed by atoms with Gasteiger partial charge >= 0.3 is 0 Å². The monoisotopic (exact) mass is 298 g/mol. The number of hydrogen-bond acceptors (Lipinski definition) is 4. The standard InChI is InChI=1S/C15H26N2S2/c1-5-13(16)15(14-7-6-10(2)19-14)17-8-11(3)18-12(4)9-17/h6-7,11-13,15H,5,8-9,16H2,1-4H3. The smallest absolute Gasteiger partial charge is 0.0594 e. The Morgan fingerprint density at radius 1 is 1.32 bits per heavy atom. The van der Waals surface area contributed by atoms with Gasteiger partial charge in [0.1, 0.15) is 0 Å². The zero-order valence-corrected chi connectivity index (χ0v) is 14.1. The number of hydrogen-bond donors (Lipinski definition) is 1. The van der Waals surface area contributed by atoms with E-state index in [0.717, 1.165) is 19.5 Å². The summed E-state index contributed by atoms with van der Waals surface area (Å²) in [5.41, 5.74) is 6.44. The van der Waals surface area contributed by atoms with Crippen LogP contribution in [0.25, 0.3) is 0 Å². The fourth-order valence-electron chi connectivity index (χ4n) is 2.94. The molecule has 0 aromatic carbocycles. The van der Waals surface area contributed by atoms with Crippen LogP contribution in [-0.4, -0.2) is 34.5 Å². The third kappa shape index (κ3) is 3.75. The lowest BCUT2D eigenvalue weighted by Crippen LogP contribution is -2.48. The van der Waals surface area contributed by atoms with Crippen LogP contribution in [0.2, 0.25) is 0 Å². The maximum absolute atomic E-state index is 6.44. The number of nitrogens with two attached hydrogens (primary N) is 1. The van der Waals surface area contributed by atoms with Crippen LogP contribution in [0.5, 0.6) is 0 Å². The van der Waals surface area contributed by atoms with Crippen molar-refractivity contribution < 1.29 is 0 Å². The van der Waals surface area contributed by atoms with Crippen LogP contribution in [0.4, 0.5) is 0 Å². The van der Waals surface area contributed by atoms with Gasteiger partial charge in [0.25, 0.3) is 0 Å². The first-order valence-corrected chi connectivity index (χ1v) is 8.98. The molecule has 2 nitrogen and oxygen atoms in total. The second-order valence-corrected chi connectivity index (χ2v) is 8.88. The number of aryl methyl sites for hydroxylation is 1. The SMILES string of the molecule is CCC(N)C(c1ccc(C)s1)N1CC(C)SC(C)C1. The fraction of sp³-hybridized carbons (Fsp3) is 0.733. The van der Waals surface area contributed by atoms with Gasteiger partial charge in [0, 0.05) is 39.4 Å². The van der Waals surface area contributed by atoms with Gasteiger partial charge in [-0.15, -0.1) is 11.3 Å². The van der Waals surface area contributed by atoms with Gasteiger partial charge in [0.15, 0.2) is 0 Å². The molecule has 108 valence electrons. The minimum absolute atomic E-state index is 0.237. The Bertz CT molecular complexity index is 395. The van der Waals surface area contributed by atoms with Gasteiger partial charge in [-0.3, -0.25) is 4.90 Å². The Morgan fingerprint density at radius 2 is 1.95 bits per heavy atom. The molecule has 1 aromatic heterocycles. The van der Waals surface area contributed by atoms with E-state index in [2.05, 4.69) is 56.5 Å². The lowest BCUT2D eigenvalue weighted by atomic mass is 10.0. The predicted molar refractivity (Wildman–Crippen MR) is 88.2 cm³/mol. The first kappa shape index (κ1) is 15.4. The molecular formula is C15H26N2S2. The molecule has 4 heteroatoms. The normalized spacial score (nSPS) is 28.3. The van der Waals surface area contributed by atoms with Crippen LogP contribution in [-0.2, 0) is 0 Å². The van der Waals surface area contributed by atoms with Gasteiger partial charge in [0.2, 0.25) is 0 Å². The van der Waals surface area contributed by atoms with Crippen molar-refractivity contribution in [3.05, 3.63) is 21.9 Å². The molecule has 0 aliphatic carbocycles. The Labute approximate surface area is 125 Å². The van der Waals surface area contributed by atoms with Crippen molar-refractivity contribution in [3.8, 4) is 0 Å². The minimum atomic E-state index is 0.237. The third-order valence-electron chi connectivity index (χ3n) is 3.77. The second kappa shape index (κ2) is 6.61. The number of nitrogens with zero attached hydrogens (tertiary/aromatic N) is 1. The Morgan fingerprint density at radius 3 is 2.42 bits per heavy atom. The Kier molecular flexibility index (Phi) is 5.35. The summed E-state index contributed by atoms with van der Waals surface area (Å²) < 4.78 is 0. The van der Waals surface area contributed by atoms with Crippen LogP contribution >= 0.6 is 23.1 Å². The van der Waals surface area contributed by atoms with E-state index >= 15 is 0 Å². The highest BCUT2D eigenvalue weighted by atomic mass is 32.2.